The molecule has 0 aliphatic carbocycles. The van der Waals surface area contributed by atoms with Gasteiger partial charge in [0.15, 0.2) is 5.72 Å². The standard InChI is InChI=1S/C19H20N2O4/c1-19-11-16(15-6-4-5-7-17(15)25-19)20-18(22)21(19)12-8-13(23-2)10-14(9-12)24-3/h4-10,16H,11H2,1-3H3,(H,20,22). The summed E-state index contributed by atoms with van der Waals surface area (Å²) in [5.74, 6) is 2.02. The molecule has 2 unspecified atom stereocenters. The number of rotatable bonds is 3. The van der Waals surface area contributed by atoms with Crippen molar-refractivity contribution in [2.45, 2.75) is 25.1 Å². The molecule has 1 N–H and O–H groups in total. The summed E-state index contributed by atoms with van der Waals surface area (Å²) in [5, 5.41) is 3.08. The van der Waals surface area contributed by atoms with Crippen LogP contribution in [0.2, 0.25) is 0 Å². The number of para-hydroxylation sites is 1. The van der Waals surface area contributed by atoms with Crippen molar-refractivity contribution in [2.75, 3.05) is 19.1 Å². The first-order chi connectivity index (χ1) is 12.0. The second-order valence-corrected chi connectivity index (χ2v) is 6.43. The van der Waals surface area contributed by atoms with Gasteiger partial charge in [0.1, 0.15) is 17.2 Å². The van der Waals surface area contributed by atoms with E-state index in [1.54, 1.807) is 37.3 Å². The van der Waals surface area contributed by atoms with Gasteiger partial charge in [-0.05, 0) is 13.0 Å². The zero-order chi connectivity index (χ0) is 17.6. The quantitative estimate of drug-likeness (QED) is 0.929. The van der Waals surface area contributed by atoms with Crippen molar-refractivity contribution in [3.63, 3.8) is 0 Å². The van der Waals surface area contributed by atoms with Crippen LogP contribution < -0.4 is 24.4 Å². The summed E-state index contributed by atoms with van der Waals surface area (Å²) < 4.78 is 16.9. The Labute approximate surface area is 146 Å². The largest absolute Gasteiger partial charge is 0.497 e. The number of ether oxygens (including phenoxy) is 3. The predicted octanol–water partition coefficient (Wildman–Crippen LogP) is 3.47. The van der Waals surface area contributed by atoms with Crippen LogP contribution in [0.3, 0.4) is 0 Å². The first kappa shape index (κ1) is 15.6. The third-order valence-corrected chi connectivity index (χ3v) is 4.78. The number of carbonyl (C=O) groups is 1. The fourth-order valence-corrected chi connectivity index (χ4v) is 3.63. The Morgan fingerprint density at radius 1 is 1.16 bits per heavy atom. The molecule has 2 aliphatic heterocycles. The number of benzene rings is 2. The van der Waals surface area contributed by atoms with E-state index >= 15 is 0 Å². The number of anilines is 1. The Morgan fingerprint density at radius 3 is 2.52 bits per heavy atom. The Kier molecular flexibility index (Phi) is 3.49. The highest BCUT2D eigenvalue weighted by atomic mass is 16.5. The lowest BCUT2D eigenvalue weighted by molar-refractivity contribution is 0.0378. The van der Waals surface area contributed by atoms with Gasteiger partial charge in [-0.1, -0.05) is 18.2 Å². The molecule has 0 spiro atoms. The third-order valence-electron chi connectivity index (χ3n) is 4.78. The fraction of sp³-hybridized carbons (Fsp3) is 0.316. The van der Waals surface area contributed by atoms with Crippen LogP contribution in [0.1, 0.15) is 24.9 Å². The minimum atomic E-state index is -0.793. The molecule has 1 saturated heterocycles. The molecule has 130 valence electrons. The maximum atomic E-state index is 12.9. The zero-order valence-electron chi connectivity index (χ0n) is 14.4. The lowest BCUT2D eigenvalue weighted by atomic mass is 9.90. The van der Waals surface area contributed by atoms with Gasteiger partial charge >= 0.3 is 6.03 Å². The molecule has 0 saturated carbocycles. The normalized spacial score (nSPS) is 24.0. The molecule has 4 rings (SSSR count). The molecule has 2 bridgehead atoms. The minimum Gasteiger partial charge on any atom is -0.497 e. The highest BCUT2D eigenvalue weighted by Gasteiger charge is 2.49. The summed E-state index contributed by atoms with van der Waals surface area (Å²) in [6.45, 7) is 1.93. The molecular formula is C19H20N2O4. The average molecular weight is 340 g/mol. The number of nitrogens with zero attached hydrogens (tertiary/aromatic N) is 1. The Bertz CT molecular complexity index is 816. The smallest absolute Gasteiger partial charge is 0.325 e. The van der Waals surface area contributed by atoms with Crippen molar-refractivity contribution in [3.05, 3.63) is 48.0 Å². The Hall–Kier alpha value is -2.89. The van der Waals surface area contributed by atoms with Crippen molar-refractivity contribution >= 4 is 11.7 Å². The maximum absolute atomic E-state index is 12.9. The van der Waals surface area contributed by atoms with E-state index in [4.69, 9.17) is 14.2 Å². The Balaban J connectivity index is 1.80. The molecule has 0 aromatic heterocycles. The Morgan fingerprint density at radius 2 is 1.84 bits per heavy atom. The highest BCUT2D eigenvalue weighted by molar-refractivity contribution is 5.95. The van der Waals surface area contributed by atoms with Gasteiger partial charge in [-0.15, -0.1) is 0 Å². The minimum absolute atomic E-state index is 0.0637. The van der Waals surface area contributed by atoms with Crippen LogP contribution in [0.5, 0.6) is 17.2 Å². The van der Waals surface area contributed by atoms with Gasteiger partial charge in [-0.25, -0.2) is 4.79 Å². The van der Waals surface area contributed by atoms with Crippen molar-refractivity contribution < 1.29 is 19.0 Å². The SMILES string of the molecule is COc1cc(OC)cc(N2C(=O)NC3CC2(C)Oc2ccccc23)c1. The molecule has 2 aromatic carbocycles. The van der Waals surface area contributed by atoms with E-state index in [9.17, 15) is 4.79 Å². The van der Waals surface area contributed by atoms with E-state index in [1.165, 1.54) is 0 Å². The van der Waals surface area contributed by atoms with Crippen LogP contribution in [0.15, 0.2) is 42.5 Å². The van der Waals surface area contributed by atoms with Gasteiger partial charge in [-0.2, -0.15) is 0 Å². The van der Waals surface area contributed by atoms with Crippen LogP contribution in [0.4, 0.5) is 10.5 Å². The molecule has 1 fully saturated rings. The van der Waals surface area contributed by atoms with Gasteiger partial charge in [-0.3, -0.25) is 4.90 Å². The monoisotopic (exact) mass is 340 g/mol. The van der Waals surface area contributed by atoms with Crippen LogP contribution in [0.25, 0.3) is 0 Å². The van der Waals surface area contributed by atoms with Gasteiger partial charge in [0, 0.05) is 30.2 Å². The molecule has 2 aliphatic rings. The number of hydrogen-bond acceptors (Lipinski definition) is 4. The molecule has 2 aromatic rings. The van der Waals surface area contributed by atoms with Gasteiger partial charge in [0.2, 0.25) is 0 Å². The number of amides is 2. The van der Waals surface area contributed by atoms with Crippen molar-refractivity contribution in [2.24, 2.45) is 0 Å². The molecular weight excluding hydrogens is 320 g/mol. The number of hydrogen-bond donors (Lipinski definition) is 1. The molecule has 25 heavy (non-hydrogen) atoms. The lowest BCUT2D eigenvalue weighted by Crippen LogP contribution is -2.65. The summed E-state index contributed by atoms with van der Waals surface area (Å²) in [6.07, 6.45) is 0.648. The van der Waals surface area contributed by atoms with Crippen molar-refractivity contribution in [3.8, 4) is 17.2 Å². The number of carbonyl (C=O) groups excluding carboxylic acids is 1. The molecule has 6 nitrogen and oxygen atoms in total. The first-order valence-corrected chi connectivity index (χ1v) is 8.16. The van der Waals surface area contributed by atoms with Crippen LogP contribution >= 0.6 is 0 Å². The molecule has 6 heteroatoms. The number of methoxy groups -OCH3 is 2. The summed E-state index contributed by atoms with van der Waals surface area (Å²) in [4.78, 5) is 14.5. The maximum Gasteiger partial charge on any atom is 0.325 e. The second-order valence-electron chi connectivity index (χ2n) is 6.43. The highest BCUT2D eigenvalue weighted by Crippen LogP contribution is 2.46. The summed E-state index contributed by atoms with van der Waals surface area (Å²) in [5.41, 5.74) is 0.879. The summed E-state index contributed by atoms with van der Waals surface area (Å²) in [6, 6.07) is 12.9. The van der Waals surface area contributed by atoms with Crippen molar-refractivity contribution in [1.82, 2.24) is 5.32 Å². The van der Waals surface area contributed by atoms with E-state index in [1.807, 2.05) is 31.2 Å². The van der Waals surface area contributed by atoms with Crippen LogP contribution in [0, 0.1) is 0 Å². The zero-order valence-corrected chi connectivity index (χ0v) is 14.4. The summed E-state index contributed by atoms with van der Waals surface area (Å²) in [7, 11) is 3.17. The fourth-order valence-electron chi connectivity index (χ4n) is 3.63. The van der Waals surface area contributed by atoms with Crippen LogP contribution in [-0.4, -0.2) is 26.0 Å². The topological polar surface area (TPSA) is 60.0 Å². The molecule has 2 amide bonds. The predicted molar refractivity (Wildman–Crippen MR) is 93.4 cm³/mol. The molecule has 2 heterocycles. The van der Waals surface area contributed by atoms with E-state index in [0.29, 0.717) is 23.6 Å². The second kappa shape index (κ2) is 5.58. The van der Waals surface area contributed by atoms with E-state index in [-0.39, 0.29) is 12.1 Å². The van der Waals surface area contributed by atoms with Gasteiger partial charge < -0.3 is 19.5 Å². The number of nitrogens with one attached hydrogen (secondary N) is 1. The van der Waals surface area contributed by atoms with E-state index in [2.05, 4.69) is 5.32 Å². The van der Waals surface area contributed by atoms with E-state index < -0.39 is 5.72 Å². The van der Waals surface area contributed by atoms with Gasteiger partial charge in [0.25, 0.3) is 0 Å². The van der Waals surface area contributed by atoms with Crippen LogP contribution in [-0.2, 0) is 0 Å². The lowest BCUT2D eigenvalue weighted by Gasteiger charge is -2.50. The average Bonchev–Trinajstić information content (AvgIpc) is 2.60. The number of fused-ring (bicyclic) bond motifs is 4. The van der Waals surface area contributed by atoms with E-state index in [0.717, 1.165) is 11.3 Å². The van der Waals surface area contributed by atoms with Crippen molar-refractivity contribution in [1.29, 1.82) is 0 Å². The number of urea groups is 1. The molecule has 2 atom stereocenters. The molecule has 0 radical (unpaired) electrons. The first-order valence-electron chi connectivity index (χ1n) is 8.16. The third kappa shape index (κ3) is 2.45. The van der Waals surface area contributed by atoms with Gasteiger partial charge in [0.05, 0.1) is 25.9 Å². The summed E-state index contributed by atoms with van der Waals surface area (Å²) >= 11 is 0.